The minimum atomic E-state index is 0.712. The average molecular weight is 267 g/mol. The van der Waals surface area contributed by atoms with Crippen molar-refractivity contribution in [2.24, 2.45) is 0 Å². The van der Waals surface area contributed by atoms with Crippen molar-refractivity contribution >= 4 is 22.7 Å². The third kappa shape index (κ3) is 3.64. The van der Waals surface area contributed by atoms with Crippen LogP contribution in [0.3, 0.4) is 0 Å². The third-order valence-corrected chi connectivity index (χ3v) is 4.45. The predicted octanol–water partition coefficient (Wildman–Crippen LogP) is 3.55. The zero-order valence-electron chi connectivity index (χ0n) is 10.2. The number of rotatable bonds is 6. The molecule has 2 rings (SSSR count). The lowest BCUT2D eigenvalue weighted by molar-refractivity contribution is 0.109. The fraction of sp³-hybridized carbons (Fsp3) is 0.385. The molecule has 4 heteroatoms. The van der Waals surface area contributed by atoms with E-state index in [1.54, 1.807) is 11.3 Å². The molecular weight excluding hydrogens is 250 g/mol. The zero-order chi connectivity index (χ0) is 12.1. The van der Waals surface area contributed by atoms with E-state index < -0.39 is 0 Å². The number of aryl methyl sites for hydroxylation is 1. The van der Waals surface area contributed by atoms with E-state index in [9.17, 15) is 0 Å². The van der Waals surface area contributed by atoms with Crippen LogP contribution in [0.15, 0.2) is 23.6 Å². The fourth-order valence-electron chi connectivity index (χ4n) is 1.65. The van der Waals surface area contributed by atoms with Crippen LogP contribution in [0.2, 0.25) is 0 Å². The van der Waals surface area contributed by atoms with Crippen LogP contribution in [0.25, 0.3) is 0 Å². The van der Waals surface area contributed by atoms with Crippen molar-refractivity contribution in [1.82, 2.24) is 5.32 Å². The molecule has 0 fully saturated rings. The lowest BCUT2D eigenvalue weighted by atomic mass is 10.2. The van der Waals surface area contributed by atoms with Crippen LogP contribution in [0.4, 0.5) is 0 Å². The van der Waals surface area contributed by atoms with Crippen LogP contribution in [0.1, 0.15) is 20.2 Å². The highest BCUT2D eigenvalue weighted by molar-refractivity contribution is 7.12. The molecule has 0 saturated heterocycles. The molecule has 17 heavy (non-hydrogen) atoms. The van der Waals surface area contributed by atoms with E-state index in [2.05, 4.69) is 35.8 Å². The maximum absolute atomic E-state index is 5.73. The summed E-state index contributed by atoms with van der Waals surface area (Å²) in [7, 11) is 1.97. The van der Waals surface area contributed by atoms with E-state index in [0.717, 1.165) is 6.54 Å². The van der Waals surface area contributed by atoms with Crippen molar-refractivity contribution in [2.75, 3.05) is 7.05 Å². The summed E-state index contributed by atoms with van der Waals surface area (Å²) >= 11 is 3.59. The van der Waals surface area contributed by atoms with Gasteiger partial charge < -0.3 is 10.1 Å². The van der Waals surface area contributed by atoms with Gasteiger partial charge in [0, 0.05) is 21.2 Å². The van der Waals surface area contributed by atoms with Gasteiger partial charge in [0.05, 0.1) is 13.2 Å². The van der Waals surface area contributed by atoms with Gasteiger partial charge in [-0.2, -0.15) is 0 Å². The summed E-state index contributed by atoms with van der Waals surface area (Å²) in [6.07, 6.45) is 0. The predicted molar refractivity (Wildman–Crippen MR) is 74.6 cm³/mol. The summed E-state index contributed by atoms with van der Waals surface area (Å²) in [6.45, 7) is 4.53. The normalized spacial score (nSPS) is 10.9. The minimum absolute atomic E-state index is 0.712. The second-order valence-electron chi connectivity index (χ2n) is 3.90. The largest absolute Gasteiger partial charge is 0.371 e. The molecule has 0 aliphatic carbocycles. The number of nitrogens with one attached hydrogen (secondary N) is 1. The zero-order valence-corrected chi connectivity index (χ0v) is 11.8. The fourth-order valence-corrected chi connectivity index (χ4v) is 3.35. The minimum Gasteiger partial charge on any atom is -0.371 e. The number of hydrogen-bond acceptors (Lipinski definition) is 4. The van der Waals surface area contributed by atoms with Gasteiger partial charge >= 0.3 is 0 Å². The molecule has 1 N–H and O–H groups in total. The van der Waals surface area contributed by atoms with Crippen molar-refractivity contribution in [3.8, 4) is 0 Å². The van der Waals surface area contributed by atoms with Gasteiger partial charge in [-0.15, -0.1) is 22.7 Å². The molecule has 0 spiro atoms. The monoisotopic (exact) mass is 267 g/mol. The van der Waals surface area contributed by atoms with Crippen molar-refractivity contribution in [3.05, 3.63) is 43.8 Å². The smallest absolute Gasteiger partial charge is 0.0813 e. The number of ether oxygens (including phenoxy) is 1. The Labute approximate surface area is 110 Å². The average Bonchev–Trinajstić information content (AvgIpc) is 2.90. The quantitative estimate of drug-likeness (QED) is 0.864. The molecule has 0 radical (unpaired) electrons. The molecular formula is C13H17NOS2. The van der Waals surface area contributed by atoms with Crippen molar-refractivity contribution in [2.45, 2.75) is 26.7 Å². The van der Waals surface area contributed by atoms with Gasteiger partial charge in [0.1, 0.15) is 0 Å². The second-order valence-corrected chi connectivity index (χ2v) is 6.27. The van der Waals surface area contributed by atoms with Gasteiger partial charge in [0.15, 0.2) is 0 Å². The van der Waals surface area contributed by atoms with Gasteiger partial charge in [-0.3, -0.25) is 0 Å². The third-order valence-electron chi connectivity index (χ3n) is 2.50. The van der Waals surface area contributed by atoms with Gasteiger partial charge in [-0.1, -0.05) is 6.07 Å². The van der Waals surface area contributed by atoms with Gasteiger partial charge in [-0.25, -0.2) is 0 Å². The Balaban J connectivity index is 1.86. The molecule has 2 heterocycles. The molecule has 0 saturated carbocycles. The summed E-state index contributed by atoms with van der Waals surface area (Å²) in [5.41, 5.74) is 1.32. The van der Waals surface area contributed by atoms with E-state index in [1.807, 2.05) is 18.4 Å². The lowest BCUT2D eigenvalue weighted by Gasteiger charge is -2.01. The molecule has 0 amide bonds. The molecule has 2 nitrogen and oxygen atoms in total. The summed E-state index contributed by atoms with van der Waals surface area (Å²) in [6, 6.07) is 6.41. The molecule has 2 aromatic heterocycles. The summed E-state index contributed by atoms with van der Waals surface area (Å²) in [5.74, 6) is 0. The summed E-state index contributed by atoms with van der Waals surface area (Å²) < 4.78 is 5.73. The van der Waals surface area contributed by atoms with Crippen LogP contribution in [-0.4, -0.2) is 7.05 Å². The molecule has 0 atom stereocenters. The summed E-state index contributed by atoms with van der Waals surface area (Å²) in [4.78, 5) is 4.02. The van der Waals surface area contributed by atoms with Crippen LogP contribution < -0.4 is 5.32 Å². The van der Waals surface area contributed by atoms with Crippen LogP contribution in [0, 0.1) is 6.92 Å². The van der Waals surface area contributed by atoms with Crippen molar-refractivity contribution in [1.29, 1.82) is 0 Å². The molecule has 92 valence electrons. The number of hydrogen-bond donors (Lipinski definition) is 1. The lowest BCUT2D eigenvalue weighted by Crippen LogP contribution is -2.02. The molecule has 0 unspecified atom stereocenters. The second kappa shape index (κ2) is 6.31. The van der Waals surface area contributed by atoms with Crippen molar-refractivity contribution < 1.29 is 4.74 Å². The highest BCUT2D eigenvalue weighted by atomic mass is 32.1. The molecule has 0 bridgehead atoms. The Morgan fingerprint density at radius 2 is 2.18 bits per heavy atom. The standard InChI is InChI=1S/C13H17NOS2/c1-10-11(6-13(17-10)7-14-2)8-15-9-12-4-3-5-16-12/h3-6,14H,7-9H2,1-2H3. The first kappa shape index (κ1) is 12.8. The topological polar surface area (TPSA) is 21.3 Å². The first-order chi connectivity index (χ1) is 8.29. The SMILES string of the molecule is CNCc1cc(COCc2cccs2)c(C)s1. The van der Waals surface area contributed by atoms with Crippen LogP contribution in [0.5, 0.6) is 0 Å². The highest BCUT2D eigenvalue weighted by Crippen LogP contribution is 2.22. The Bertz CT molecular complexity index is 448. The van der Waals surface area contributed by atoms with Gasteiger partial charge in [0.2, 0.25) is 0 Å². The van der Waals surface area contributed by atoms with Crippen LogP contribution in [-0.2, 0) is 24.5 Å². The van der Waals surface area contributed by atoms with E-state index >= 15 is 0 Å². The molecule has 2 aromatic rings. The Morgan fingerprint density at radius 3 is 2.88 bits per heavy atom. The Kier molecular flexibility index (Phi) is 4.74. The first-order valence-corrected chi connectivity index (χ1v) is 7.32. The van der Waals surface area contributed by atoms with Gasteiger partial charge in [-0.05, 0) is 37.0 Å². The maximum Gasteiger partial charge on any atom is 0.0813 e. The van der Waals surface area contributed by atoms with E-state index in [0.29, 0.717) is 13.2 Å². The van der Waals surface area contributed by atoms with Crippen molar-refractivity contribution in [3.63, 3.8) is 0 Å². The van der Waals surface area contributed by atoms with E-state index in [-0.39, 0.29) is 0 Å². The molecule has 0 aliphatic rings. The van der Waals surface area contributed by atoms with E-state index in [1.165, 1.54) is 20.2 Å². The van der Waals surface area contributed by atoms with Gasteiger partial charge in [0.25, 0.3) is 0 Å². The highest BCUT2D eigenvalue weighted by Gasteiger charge is 2.05. The van der Waals surface area contributed by atoms with E-state index in [4.69, 9.17) is 4.74 Å². The molecule has 0 aromatic carbocycles. The maximum atomic E-state index is 5.73. The summed E-state index contributed by atoms with van der Waals surface area (Å²) in [5, 5.41) is 5.26. The van der Waals surface area contributed by atoms with Crippen LogP contribution >= 0.6 is 22.7 Å². The molecule has 0 aliphatic heterocycles. The number of thiophene rings is 2. The Morgan fingerprint density at radius 1 is 1.29 bits per heavy atom. The Hall–Kier alpha value is -0.680. The first-order valence-electron chi connectivity index (χ1n) is 5.62.